The minimum absolute atomic E-state index is 0.0466. The van der Waals surface area contributed by atoms with Gasteiger partial charge in [0.25, 0.3) is 0 Å². The van der Waals surface area contributed by atoms with E-state index in [1.54, 1.807) is 0 Å². The van der Waals surface area contributed by atoms with Crippen LogP contribution < -0.4 is 4.18 Å². The molecule has 0 fully saturated rings. The van der Waals surface area contributed by atoms with Gasteiger partial charge in [-0.25, -0.2) is 0 Å². The minimum Gasteiger partial charge on any atom is -0.286 e. The smallest absolute Gasteiger partial charge is 0.199 e. The highest BCUT2D eigenvalue weighted by atomic mass is 32.2. The Morgan fingerprint density at radius 2 is 1.86 bits per heavy atom. The van der Waals surface area contributed by atoms with Crippen molar-refractivity contribution >= 4 is 11.2 Å². The van der Waals surface area contributed by atoms with Crippen LogP contribution in [-0.4, -0.2) is 11.0 Å². The van der Waals surface area contributed by atoms with Gasteiger partial charge in [0, 0.05) is 0 Å². The van der Waals surface area contributed by atoms with Crippen molar-refractivity contribution < 1.29 is 4.18 Å². The van der Waals surface area contributed by atoms with Crippen LogP contribution in [-0.2, 0) is 11.2 Å². The first-order valence-corrected chi connectivity index (χ1v) is 6.36. The third-order valence-corrected chi connectivity index (χ3v) is 4.24. The lowest BCUT2D eigenvalue weighted by Gasteiger charge is -2.15. The molecule has 0 aliphatic carbocycles. The van der Waals surface area contributed by atoms with Crippen molar-refractivity contribution in [3.8, 4) is 5.75 Å². The molecule has 0 radical (unpaired) electrons. The fourth-order valence-corrected chi connectivity index (χ4v) is 1.58. The lowest BCUT2D eigenvalue weighted by molar-refractivity contribution is 0.594. The molecule has 1 aromatic rings. The molecule has 0 heterocycles. The predicted molar refractivity (Wildman–Crippen MR) is 64.8 cm³/mol. The molecule has 0 amide bonds. The average molecular weight is 211 g/mol. The van der Waals surface area contributed by atoms with Crippen molar-refractivity contribution in [2.75, 3.05) is 6.26 Å². The molecule has 14 heavy (non-hydrogen) atoms. The maximum atomic E-state index is 5.89. The summed E-state index contributed by atoms with van der Waals surface area (Å²) < 4.78 is 6.10. The van der Waals surface area contributed by atoms with E-state index in [-0.39, 0.29) is 15.9 Å². The van der Waals surface area contributed by atoms with Crippen LogP contribution in [0.15, 0.2) is 24.3 Å². The van der Waals surface area contributed by atoms with E-state index in [0.29, 0.717) is 0 Å². The van der Waals surface area contributed by atoms with E-state index in [1.165, 1.54) is 5.56 Å². The van der Waals surface area contributed by atoms with Gasteiger partial charge < -0.3 is 0 Å². The summed E-state index contributed by atoms with van der Waals surface area (Å²) in [5.41, 5.74) is 1.24. The second-order valence-corrected chi connectivity index (χ2v) is 6.77. The fourth-order valence-electron chi connectivity index (χ4n) is 0.937. The number of aryl methyl sites for hydroxylation is 1. The van der Waals surface area contributed by atoms with E-state index < -0.39 is 0 Å². The molecule has 1 nitrogen and oxygen atoms in total. The Hall–Kier alpha value is -0.630. The zero-order chi connectivity index (χ0) is 10.8. The molecule has 1 aromatic carbocycles. The Morgan fingerprint density at radius 1 is 1.21 bits per heavy atom. The SMILES string of the molecule is Cc1cccc(O[S+](C)C(C)(C)C)c1. The molecule has 0 aliphatic rings. The highest BCUT2D eigenvalue weighted by Crippen LogP contribution is 2.22. The number of benzene rings is 1. The molecule has 0 bridgehead atoms. The van der Waals surface area contributed by atoms with Gasteiger partial charge in [-0.05, 0) is 45.4 Å². The summed E-state index contributed by atoms with van der Waals surface area (Å²) in [6, 6.07) is 8.21. The van der Waals surface area contributed by atoms with Gasteiger partial charge in [0.05, 0.1) is 0 Å². The molecule has 78 valence electrons. The minimum atomic E-state index is -0.0466. The molecule has 0 aliphatic heterocycles. The van der Waals surface area contributed by atoms with Crippen LogP contribution in [0.4, 0.5) is 0 Å². The van der Waals surface area contributed by atoms with Gasteiger partial charge in [-0.15, -0.1) is 0 Å². The number of hydrogen-bond acceptors (Lipinski definition) is 1. The summed E-state index contributed by atoms with van der Waals surface area (Å²) in [6.45, 7) is 8.68. The maximum Gasteiger partial charge on any atom is 0.199 e. The van der Waals surface area contributed by atoms with Crippen LogP contribution in [0.3, 0.4) is 0 Å². The molecule has 0 saturated carbocycles. The van der Waals surface area contributed by atoms with Gasteiger partial charge in [-0.2, -0.15) is 0 Å². The highest BCUT2D eigenvalue weighted by molar-refractivity contribution is 7.93. The Balaban J connectivity index is 2.70. The zero-order valence-corrected chi connectivity index (χ0v) is 10.4. The summed E-state index contributed by atoms with van der Waals surface area (Å²) in [4.78, 5) is 0. The van der Waals surface area contributed by atoms with Crippen molar-refractivity contribution in [3.05, 3.63) is 29.8 Å². The van der Waals surface area contributed by atoms with Crippen LogP contribution >= 0.6 is 0 Å². The highest BCUT2D eigenvalue weighted by Gasteiger charge is 2.33. The average Bonchev–Trinajstić information content (AvgIpc) is 2.02. The summed E-state index contributed by atoms with van der Waals surface area (Å²) in [5.74, 6) is 0.978. The van der Waals surface area contributed by atoms with Gasteiger partial charge in [-0.3, -0.25) is 4.18 Å². The van der Waals surface area contributed by atoms with Crippen LogP contribution in [0.25, 0.3) is 0 Å². The standard InChI is InChI=1S/C12H19OS/c1-10-7-6-8-11(9-10)13-14(5)12(2,3)4/h6-9H,1-5H3/q+1. The van der Waals surface area contributed by atoms with E-state index >= 15 is 0 Å². The van der Waals surface area contributed by atoms with E-state index in [0.717, 1.165) is 5.75 Å². The van der Waals surface area contributed by atoms with Crippen molar-refractivity contribution in [1.82, 2.24) is 0 Å². The van der Waals surface area contributed by atoms with Crippen molar-refractivity contribution in [2.45, 2.75) is 32.4 Å². The van der Waals surface area contributed by atoms with Gasteiger partial charge in [0.2, 0.25) is 0 Å². The molecular formula is C12H19OS+. The van der Waals surface area contributed by atoms with Gasteiger partial charge in [-0.1, -0.05) is 12.1 Å². The molecule has 1 unspecified atom stereocenters. The van der Waals surface area contributed by atoms with Crippen molar-refractivity contribution in [2.24, 2.45) is 0 Å². The Kier molecular flexibility index (Phi) is 3.48. The van der Waals surface area contributed by atoms with E-state index in [4.69, 9.17) is 4.18 Å². The Morgan fingerprint density at radius 3 is 2.36 bits per heavy atom. The molecule has 2 heteroatoms. The molecule has 0 N–H and O–H groups in total. The lowest BCUT2D eigenvalue weighted by Crippen LogP contribution is -2.31. The lowest BCUT2D eigenvalue weighted by atomic mass is 10.2. The summed E-state index contributed by atoms with van der Waals surface area (Å²) in [7, 11) is 0. The predicted octanol–water partition coefficient (Wildman–Crippen LogP) is 3.34. The summed E-state index contributed by atoms with van der Waals surface area (Å²) >= 11 is -0.0466. The molecule has 0 spiro atoms. The van der Waals surface area contributed by atoms with Gasteiger partial charge in [0.15, 0.2) is 21.7 Å². The maximum absolute atomic E-state index is 5.89. The first-order valence-electron chi connectivity index (χ1n) is 4.80. The zero-order valence-electron chi connectivity index (χ0n) is 9.63. The molecule has 0 saturated heterocycles. The summed E-state index contributed by atoms with van der Waals surface area (Å²) in [6.07, 6.45) is 2.14. The normalized spacial score (nSPS) is 13.8. The number of rotatable bonds is 2. The van der Waals surface area contributed by atoms with E-state index in [9.17, 15) is 0 Å². The second-order valence-electron chi connectivity index (χ2n) is 4.47. The third kappa shape index (κ3) is 3.26. The van der Waals surface area contributed by atoms with Crippen LogP contribution in [0, 0.1) is 6.92 Å². The topological polar surface area (TPSA) is 9.23 Å². The van der Waals surface area contributed by atoms with E-state index in [1.807, 2.05) is 12.1 Å². The van der Waals surface area contributed by atoms with Crippen molar-refractivity contribution in [1.29, 1.82) is 0 Å². The van der Waals surface area contributed by atoms with Gasteiger partial charge in [0.1, 0.15) is 6.26 Å². The number of hydrogen-bond donors (Lipinski definition) is 0. The molecule has 1 rings (SSSR count). The Bertz CT molecular complexity index is 301. The van der Waals surface area contributed by atoms with Gasteiger partial charge >= 0.3 is 0 Å². The van der Waals surface area contributed by atoms with Crippen LogP contribution in [0.5, 0.6) is 5.75 Å². The third-order valence-electron chi connectivity index (χ3n) is 2.07. The van der Waals surface area contributed by atoms with E-state index in [2.05, 4.69) is 46.1 Å². The molecular weight excluding hydrogens is 192 g/mol. The first kappa shape index (κ1) is 11.4. The molecule has 1 atom stereocenters. The quantitative estimate of drug-likeness (QED) is 0.682. The second kappa shape index (κ2) is 4.26. The van der Waals surface area contributed by atoms with Crippen LogP contribution in [0.1, 0.15) is 26.3 Å². The fraction of sp³-hybridized carbons (Fsp3) is 0.500. The summed E-state index contributed by atoms with van der Waals surface area (Å²) in [5, 5.41) is 0. The molecule has 0 aromatic heterocycles. The Labute approximate surface area is 90.0 Å². The largest absolute Gasteiger partial charge is 0.286 e. The van der Waals surface area contributed by atoms with Crippen molar-refractivity contribution in [3.63, 3.8) is 0 Å². The first-order chi connectivity index (χ1) is 6.39. The van der Waals surface area contributed by atoms with Crippen LogP contribution in [0.2, 0.25) is 0 Å². The monoisotopic (exact) mass is 211 g/mol.